The Kier molecular flexibility index (Phi) is 5.76. The fraction of sp³-hybridized carbons (Fsp3) is 0.353. The van der Waals surface area contributed by atoms with Crippen LogP contribution < -0.4 is 10.1 Å². The Hall–Kier alpha value is -1.39. The molecule has 2 rings (SSSR count). The molecule has 0 aliphatic carbocycles. The second-order valence-corrected chi connectivity index (χ2v) is 6.12. The van der Waals surface area contributed by atoms with Crippen LogP contribution in [0.4, 0.5) is 0 Å². The van der Waals surface area contributed by atoms with Gasteiger partial charge in [0, 0.05) is 22.8 Å². The maximum absolute atomic E-state index is 6.13. The minimum Gasteiger partial charge on any atom is -0.455 e. The Labute approximate surface area is 134 Å². The van der Waals surface area contributed by atoms with E-state index >= 15 is 0 Å². The standard InChI is InChI=1S/C17H21BrN2O/c1-4-19-10-13-7-8-20-11-17(13)21-16-6-5-14(18)9-15(16)12(2)3/h5-9,11-12,19H,4,10H2,1-3H3. The van der Waals surface area contributed by atoms with E-state index in [-0.39, 0.29) is 0 Å². The summed E-state index contributed by atoms with van der Waals surface area (Å²) in [6, 6.07) is 8.11. The van der Waals surface area contributed by atoms with Crippen molar-refractivity contribution < 1.29 is 4.74 Å². The highest BCUT2D eigenvalue weighted by atomic mass is 79.9. The molecular formula is C17H21BrN2O. The second kappa shape index (κ2) is 7.57. The smallest absolute Gasteiger partial charge is 0.150 e. The molecule has 0 atom stereocenters. The predicted octanol–water partition coefficient (Wildman–Crippen LogP) is 4.87. The maximum atomic E-state index is 6.13. The van der Waals surface area contributed by atoms with Crippen LogP contribution in [-0.2, 0) is 6.54 Å². The summed E-state index contributed by atoms with van der Waals surface area (Å²) in [6.07, 6.45) is 3.57. The first-order chi connectivity index (χ1) is 10.1. The van der Waals surface area contributed by atoms with Gasteiger partial charge in [-0.05, 0) is 42.3 Å². The number of benzene rings is 1. The van der Waals surface area contributed by atoms with Crippen molar-refractivity contribution in [2.24, 2.45) is 0 Å². The first kappa shape index (κ1) is 16.0. The third-order valence-corrected chi connectivity index (χ3v) is 3.74. The highest BCUT2D eigenvalue weighted by molar-refractivity contribution is 9.10. The number of hydrogen-bond acceptors (Lipinski definition) is 3. The Bertz CT molecular complexity index is 599. The monoisotopic (exact) mass is 348 g/mol. The Morgan fingerprint density at radius 3 is 2.76 bits per heavy atom. The molecule has 0 aliphatic rings. The second-order valence-electron chi connectivity index (χ2n) is 5.20. The summed E-state index contributed by atoms with van der Waals surface area (Å²) < 4.78 is 7.20. The van der Waals surface area contributed by atoms with Crippen molar-refractivity contribution in [2.75, 3.05) is 6.54 Å². The van der Waals surface area contributed by atoms with Gasteiger partial charge in [0.1, 0.15) is 11.5 Å². The van der Waals surface area contributed by atoms with Gasteiger partial charge >= 0.3 is 0 Å². The summed E-state index contributed by atoms with van der Waals surface area (Å²) in [6.45, 7) is 8.13. The molecule has 0 amide bonds. The zero-order valence-electron chi connectivity index (χ0n) is 12.7. The van der Waals surface area contributed by atoms with Gasteiger partial charge in [-0.2, -0.15) is 0 Å². The third-order valence-electron chi connectivity index (χ3n) is 3.25. The van der Waals surface area contributed by atoms with Crippen LogP contribution in [0.1, 0.15) is 37.8 Å². The van der Waals surface area contributed by atoms with E-state index in [2.05, 4.69) is 53.1 Å². The average molecular weight is 349 g/mol. The molecule has 2 aromatic rings. The van der Waals surface area contributed by atoms with E-state index in [4.69, 9.17) is 4.74 Å². The highest BCUT2D eigenvalue weighted by Gasteiger charge is 2.11. The molecule has 0 bridgehead atoms. The van der Waals surface area contributed by atoms with Gasteiger partial charge in [0.15, 0.2) is 0 Å². The normalized spacial score (nSPS) is 10.9. The lowest BCUT2D eigenvalue weighted by Gasteiger charge is -2.16. The van der Waals surface area contributed by atoms with E-state index in [1.165, 1.54) is 5.56 Å². The zero-order chi connectivity index (χ0) is 15.2. The van der Waals surface area contributed by atoms with Gasteiger partial charge in [0.05, 0.1) is 6.20 Å². The van der Waals surface area contributed by atoms with Crippen molar-refractivity contribution >= 4 is 15.9 Å². The lowest BCUT2D eigenvalue weighted by atomic mass is 10.0. The molecule has 1 N–H and O–H groups in total. The van der Waals surface area contributed by atoms with Crippen LogP contribution in [-0.4, -0.2) is 11.5 Å². The number of hydrogen-bond donors (Lipinski definition) is 1. The molecule has 0 unspecified atom stereocenters. The fourth-order valence-electron chi connectivity index (χ4n) is 2.09. The summed E-state index contributed by atoms with van der Waals surface area (Å²) >= 11 is 3.52. The van der Waals surface area contributed by atoms with Crippen molar-refractivity contribution in [1.29, 1.82) is 0 Å². The van der Waals surface area contributed by atoms with E-state index in [9.17, 15) is 0 Å². The Morgan fingerprint density at radius 2 is 2.05 bits per heavy atom. The molecule has 0 saturated carbocycles. The number of rotatable bonds is 6. The summed E-state index contributed by atoms with van der Waals surface area (Å²) in [7, 11) is 0. The lowest BCUT2D eigenvalue weighted by Crippen LogP contribution is -2.12. The molecule has 0 saturated heterocycles. The molecule has 0 spiro atoms. The number of aromatic nitrogens is 1. The van der Waals surface area contributed by atoms with Crippen LogP contribution in [0.25, 0.3) is 0 Å². The summed E-state index contributed by atoms with van der Waals surface area (Å²) in [4.78, 5) is 4.18. The van der Waals surface area contributed by atoms with Crippen molar-refractivity contribution in [3.8, 4) is 11.5 Å². The van der Waals surface area contributed by atoms with E-state index < -0.39 is 0 Å². The first-order valence-corrected chi connectivity index (χ1v) is 8.02. The van der Waals surface area contributed by atoms with Crippen LogP contribution in [0.2, 0.25) is 0 Å². The van der Waals surface area contributed by atoms with Gasteiger partial charge in [-0.25, -0.2) is 0 Å². The summed E-state index contributed by atoms with van der Waals surface area (Å²) in [5.41, 5.74) is 2.30. The van der Waals surface area contributed by atoms with Crippen LogP contribution in [0, 0.1) is 0 Å². The molecule has 0 aliphatic heterocycles. The topological polar surface area (TPSA) is 34.2 Å². The highest BCUT2D eigenvalue weighted by Crippen LogP contribution is 2.33. The molecule has 1 heterocycles. The van der Waals surface area contributed by atoms with Crippen LogP contribution >= 0.6 is 15.9 Å². The number of ether oxygens (including phenoxy) is 1. The number of nitrogens with zero attached hydrogens (tertiary/aromatic N) is 1. The summed E-state index contributed by atoms with van der Waals surface area (Å²) in [5.74, 6) is 2.09. The Balaban J connectivity index is 2.30. The maximum Gasteiger partial charge on any atom is 0.150 e. The van der Waals surface area contributed by atoms with Crippen molar-refractivity contribution in [2.45, 2.75) is 33.2 Å². The molecule has 21 heavy (non-hydrogen) atoms. The SMILES string of the molecule is CCNCc1ccncc1Oc1ccc(Br)cc1C(C)C. The Morgan fingerprint density at radius 1 is 1.24 bits per heavy atom. The van der Waals surface area contributed by atoms with Gasteiger partial charge in [0.25, 0.3) is 0 Å². The quantitative estimate of drug-likeness (QED) is 0.808. The number of halogens is 1. The predicted molar refractivity (Wildman–Crippen MR) is 89.9 cm³/mol. The molecule has 112 valence electrons. The summed E-state index contributed by atoms with van der Waals surface area (Å²) in [5, 5.41) is 3.32. The molecule has 4 heteroatoms. The molecule has 0 fully saturated rings. The van der Waals surface area contributed by atoms with Gasteiger partial charge in [0.2, 0.25) is 0 Å². The molecule has 0 radical (unpaired) electrons. The van der Waals surface area contributed by atoms with Crippen molar-refractivity contribution in [1.82, 2.24) is 10.3 Å². The minimum atomic E-state index is 0.395. The number of nitrogens with one attached hydrogen (secondary N) is 1. The number of pyridine rings is 1. The van der Waals surface area contributed by atoms with Gasteiger partial charge < -0.3 is 10.1 Å². The third kappa shape index (κ3) is 4.29. The van der Waals surface area contributed by atoms with Crippen molar-refractivity contribution in [3.63, 3.8) is 0 Å². The lowest BCUT2D eigenvalue weighted by molar-refractivity contribution is 0.462. The van der Waals surface area contributed by atoms with Crippen LogP contribution in [0.15, 0.2) is 41.1 Å². The van der Waals surface area contributed by atoms with E-state index in [1.807, 2.05) is 18.2 Å². The first-order valence-electron chi connectivity index (χ1n) is 7.22. The van der Waals surface area contributed by atoms with E-state index in [0.29, 0.717) is 5.92 Å². The molecule has 3 nitrogen and oxygen atoms in total. The van der Waals surface area contributed by atoms with E-state index in [0.717, 1.165) is 34.6 Å². The molecular weight excluding hydrogens is 328 g/mol. The zero-order valence-corrected chi connectivity index (χ0v) is 14.3. The van der Waals surface area contributed by atoms with E-state index in [1.54, 1.807) is 12.4 Å². The van der Waals surface area contributed by atoms with Crippen molar-refractivity contribution in [3.05, 3.63) is 52.3 Å². The average Bonchev–Trinajstić information content (AvgIpc) is 2.48. The van der Waals surface area contributed by atoms with Crippen LogP contribution in [0.3, 0.4) is 0 Å². The van der Waals surface area contributed by atoms with Gasteiger partial charge in [-0.1, -0.05) is 36.7 Å². The molecule has 1 aromatic heterocycles. The molecule has 1 aromatic carbocycles. The minimum absolute atomic E-state index is 0.395. The van der Waals surface area contributed by atoms with Gasteiger partial charge in [-0.15, -0.1) is 0 Å². The fourth-order valence-corrected chi connectivity index (χ4v) is 2.47. The van der Waals surface area contributed by atoms with Crippen LogP contribution in [0.5, 0.6) is 11.5 Å². The van der Waals surface area contributed by atoms with Gasteiger partial charge in [-0.3, -0.25) is 4.98 Å². The largest absolute Gasteiger partial charge is 0.455 e.